The van der Waals surface area contributed by atoms with E-state index in [1.54, 1.807) is 11.8 Å². The van der Waals surface area contributed by atoms with Gasteiger partial charge in [-0.15, -0.1) is 0 Å². The minimum Gasteiger partial charge on any atom is -0.481 e. The van der Waals surface area contributed by atoms with E-state index in [9.17, 15) is 9.59 Å². The standard InChI is InChI=1S/C19H27NO5/c1-15(25-14-17-9-6-12-24-17)19(23)20(11-5-10-18(21)22)13-16-7-3-2-4-8-16/h2-4,7-8,15,17H,5-6,9-14H2,1H3,(H,21,22). The number of hydrogen-bond acceptors (Lipinski definition) is 4. The van der Waals surface area contributed by atoms with Gasteiger partial charge in [0.2, 0.25) is 0 Å². The normalized spacial score (nSPS) is 18.0. The molecule has 138 valence electrons. The number of amides is 1. The number of ether oxygens (including phenoxy) is 2. The third-order valence-electron chi connectivity index (χ3n) is 4.25. The van der Waals surface area contributed by atoms with Crippen molar-refractivity contribution in [3.63, 3.8) is 0 Å². The number of rotatable bonds is 10. The van der Waals surface area contributed by atoms with E-state index in [4.69, 9.17) is 14.6 Å². The van der Waals surface area contributed by atoms with Crippen molar-refractivity contribution < 1.29 is 24.2 Å². The Hall–Kier alpha value is -1.92. The third-order valence-corrected chi connectivity index (χ3v) is 4.25. The number of carbonyl (C=O) groups is 2. The predicted molar refractivity (Wildman–Crippen MR) is 93.1 cm³/mol. The van der Waals surface area contributed by atoms with Crippen molar-refractivity contribution in [1.82, 2.24) is 4.90 Å². The first-order chi connectivity index (χ1) is 12.1. The number of carbonyl (C=O) groups excluding carboxylic acids is 1. The summed E-state index contributed by atoms with van der Waals surface area (Å²) in [6.45, 7) is 3.76. The van der Waals surface area contributed by atoms with Crippen molar-refractivity contribution in [2.24, 2.45) is 0 Å². The van der Waals surface area contributed by atoms with Crippen LogP contribution in [0.5, 0.6) is 0 Å². The second-order valence-electron chi connectivity index (χ2n) is 6.35. The minimum absolute atomic E-state index is 0.0454. The maximum atomic E-state index is 12.7. The molecule has 0 aromatic heterocycles. The fourth-order valence-corrected chi connectivity index (χ4v) is 2.85. The first-order valence-corrected chi connectivity index (χ1v) is 8.84. The largest absolute Gasteiger partial charge is 0.481 e. The molecule has 1 fully saturated rings. The topological polar surface area (TPSA) is 76.1 Å². The summed E-state index contributed by atoms with van der Waals surface area (Å²) in [5.74, 6) is -0.970. The highest BCUT2D eigenvalue weighted by atomic mass is 16.5. The van der Waals surface area contributed by atoms with Crippen LogP contribution >= 0.6 is 0 Å². The van der Waals surface area contributed by atoms with Crippen molar-refractivity contribution >= 4 is 11.9 Å². The van der Waals surface area contributed by atoms with Gasteiger partial charge < -0.3 is 19.5 Å². The third kappa shape index (κ3) is 6.84. The quantitative estimate of drug-likeness (QED) is 0.702. The number of nitrogens with zero attached hydrogens (tertiary/aromatic N) is 1. The van der Waals surface area contributed by atoms with Crippen LogP contribution in [0.1, 0.15) is 38.2 Å². The molecule has 25 heavy (non-hydrogen) atoms. The maximum absolute atomic E-state index is 12.7. The molecule has 1 heterocycles. The van der Waals surface area contributed by atoms with Crippen LogP contribution in [0.2, 0.25) is 0 Å². The lowest BCUT2D eigenvalue weighted by molar-refractivity contribution is -0.146. The zero-order valence-electron chi connectivity index (χ0n) is 14.7. The molecule has 1 N–H and O–H groups in total. The molecule has 0 saturated carbocycles. The highest BCUT2D eigenvalue weighted by Crippen LogP contribution is 2.14. The summed E-state index contributed by atoms with van der Waals surface area (Å²) in [5, 5.41) is 8.83. The molecule has 0 aliphatic carbocycles. The molecule has 1 amide bonds. The van der Waals surface area contributed by atoms with Crippen molar-refractivity contribution in [2.45, 2.75) is 51.4 Å². The summed E-state index contributed by atoms with van der Waals surface area (Å²) < 4.78 is 11.2. The predicted octanol–water partition coefficient (Wildman–Crippen LogP) is 2.46. The van der Waals surface area contributed by atoms with Gasteiger partial charge in [0.15, 0.2) is 0 Å². The molecule has 0 bridgehead atoms. The Morgan fingerprint density at radius 1 is 1.36 bits per heavy atom. The highest BCUT2D eigenvalue weighted by molar-refractivity contribution is 5.80. The summed E-state index contributed by atoms with van der Waals surface area (Å²) in [5.41, 5.74) is 1.01. The minimum atomic E-state index is -0.852. The van der Waals surface area contributed by atoms with Gasteiger partial charge in [-0.25, -0.2) is 0 Å². The summed E-state index contributed by atoms with van der Waals surface area (Å²) in [4.78, 5) is 25.2. The molecule has 0 spiro atoms. The van der Waals surface area contributed by atoms with E-state index in [0.717, 1.165) is 25.0 Å². The van der Waals surface area contributed by atoms with Gasteiger partial charge in [-0.3, -0.25) is 9.59 Å². The Morgan fingerprint density at radius 3 is 2.76 bits per heavy atom. The Bertz CT molecular complexity index is 542. The number of carboxylic acids is 1. The van der Waals surface area contributed by atoms with Crippen LogP contribution in [0.4, 0.5) is 0 Å². The molecular formula is C19H27NO5. The molecule has 1 aliphatic rings. The van der Waals surface area contributed by atoms with Gasteiger partial charge in [-0.05, 0) is 31.7 Å². The average molecular weight is 349 g/mol. The van der Waals surface area contributed by atoms with Crippen LogP contribution in [0, 0.1) is 0 Å². The average Bonchev–Trinajstić information content (AvgIpc) is 3.12. The monoisotopic (exact) mass is 349 g/mol. The van der Waals surface area contributed by atoms with E-state index in [1.165, 1.54) is 0 Å². The molecule has 0 radical (unpaired) electrons. The number of benzene rings is 1. The number of aliphatic carboxylic acids is 1. The Kier molecular flexibility index (Phi) is 7.88. The zero-order chi connectivity index (χ0) is 18.1. The molecule has 6 heteroatoms. The van der Waals surface area contributed by atoms with Gasteiger partial charge in [0.25, 0.3) is 5.91 Å². The smallest absolute Gasteiger partial charge is 0.303 e. The van der Waals surface area contributed by atoms with Crippen molar-refractivity contribution in [3.05, 3.63) is 35.9 Å². The van der Waals surface area contributed by atoms with E-state index in [-0.39, 0.29) is 18.4 Å². The fraction of sp³-hybridized carbons (Fsp3) is 0.579. The van der Waals surface area contributed by atoms with Crippen LogP contribution in [0.3, 0.4) is 0 Å². The van der Waals surface area contributed by atoms with Crippen molar-refractivity contribution in [2.75, 3.05) is 19.8 Å². The van der Waals surface area contributed by atoms with Gasteiger partial charge in [0.1, 0.15) is 6.10 Å². The second-order valence-corrected chi connectivity index (χ2v) is 6.35. The van der Waals surface area contributed by atoms with E-state index in [1.807, 2.05) is 30.3 Å². The van der Waals surface area contributed by atoms with E-state index in [0.29, 0.717) is 26.1 Å². The first kappa shape index (κ1) is 19.4. The molecule has 2 unspecified atom stereocenters. The fourth-order valence-electron chi connectivity index (χ4n) is 2.85. The first-order valence-electron chi connectivity index (χ1n) is 8.84. The van der Waals surface area contributed by atoms with Gasteiger partial charge >= 0.3 is 5.97 Å². The van der Waals surface area contributed by atoms with Gasteiger partial charge in [0.05, 0.1) is 12.7 Å². The Morgan fingerprint density at radius 2 is 2.12 bits per heavy atom. The van der Waals surface area contributed by atoms with E-state index < -0.39 is 12.1 Å². The summed E-state index contributed by atoms with van der Waals surface area (Å²) >= 11 is 0. The molecule has 1 saturated heterocycles. The SMILES string of the molecule is CC(OCC1CCCO1)C(=O)N(CCCC(=O)O)Cc1ccccc1. The Balaban J connectivity index is 1.91. The molecule has 1 aromatic carbocycles. The van der Waals surface area contributed by atoms with Crippen LogP contribution in [0.15, 0.2) is 30.3 Å². The molecule has 2 rings (SSSR count). The summed E-state index contributed by atoms with van der Waals surface area (Å²) in [6, 6.07) is 9.68. The molecule has 1 aliphatic heterocycles. The Labute approximate surface area is 148 Å². The molecule has 6 nitrogen and oxygen atoms in total. The van der Waals surface area contributed by atoms with Crippen molar-refractivity contribution in [1.29, 1.82) is 0 Å². The van der Waals surface area contributed by atoms with Gasteiger partial charge in [0, 0.05) is 26.1 Å². The number of hydrogen-bond donors (Lipinski definition) is 1. The summed E-state index contributed by atoms with van der Waals surface area (Å²) in [6.07, 6.45) is 1.97. The summed E-state index contributed by atoms with van der Waals surface area (Å²) in [7, 11) is 0. The molecular weight excluding hydrogens is 322 g/mol. The van der Waals surface area contributed by atoms with Crippen LogP contribution < -0.4 is 0 Å². The zero-order valence-corrected chi connectivity index (χ0v) is 14.7. The van der Waals surface area contributed by atoms with Gasteiger partial charge in [-0.1, -0.05) is 30.3 Å². The van der Waals surface area contributed by atoms with Crippen LogP contribution in [0.25, 0.3) is 0 Å². The lowest BCUT2D eigenvalue weighted by Crippen LogP contribution is -2.40. The number of carboxylic acid groups (broad SMARTS) is 1. The lowest BCUT2D eigenvalue weighted by Gasteiger charge is -2.26. The lowest BCUT2D eigenvalue weighted by atomic mass is 10.2. The second kappa shape index (κ2) is 10.2. The van der Waals surface area contributed by atoms with Crippen LogP contribution in [-0.2, 0) is 25.6 Å². The molecule has 2 atom stereocenters. The highest BCUT2D eigenvalue weighted by Gasteiger charge is 2.24. The maximum Gasteiger partial charge on any atom is 0.303 e. The van der Waals surface area contributed by atoms with Gasteiger partial charge in [-0.2, -0.15) is 0 Å². The van der Waals surface area contributed by atoms with E-state index >= 15 is 0 Å². The van der Waals surface area contributed by atoms with Crippen molar-refractivity contribution in [3.8, 4) is 0 Å². The van der Waals surface area contributed by atoms with E-state index in [2.05, 4.69) is 0 Å². The van der Waals surface area contributed by atoms with Crippen LogP contribution in [-0.4, -0.2) is 53.8 Å². The molecule has 1 aromatic rings.